The monoisotopic (exact) mass is 298 g/mol. The number of anilines is 1. The maximum absolute atomic E-state index is 11.9. The summed E-state index contributed by atoms with van der Waals surface area (Å²) in [4.78, 5) is 11.9. The number of phenolic OH excluding ortho intramolecular Hbond substituents is 1. The van der Waals surface area contributed by atoms with Gasteiger partial charge in [-0.25, -0.2) is 0 Å². The molecule has 0 spiro atoms. The summed E-state index contributed by atoms with van der Waals surface area (Å²) >= 11 is 3.25. The molecule has 0 aromatic heterocycles. The van der Waals surface area contributed by atoms with Crippen molar-refractivity contribution in [3.63, 3.8) is 0 Å². The van der Waals surface area contributed by atoms with E-state index in [2.05, 4.69) is 26.6 Å². The van der Waals surface area contributed by atoms with Crippen molar-refractivity contribution in [2.75, 3.05) is 11.9 Å². The Morgan fingerprint density at radius 1 is 1.59 bits per heavy atom. The average Bonchev–Trinajstić information content (AvgIpc) is 2.78. The number of rotatable bonds is 2. The van der Waals surface area contributed by atoms with Crippen LogP contribution in [0.15, 0.2) is 16.6 Å². The Hall–Kier alpha value is -1.07. The molecule has 0 bridgehead atoms. The smallest absolute Gasteiger partial charge is 0.241 e. The van der Waals surface area contributed by atoms with Crippen LogP contribution in [0.3, 0.4) is 0 Å². The summed E-state index contributed by atoms with van der Waals surface area (Å²) in [6, 6.07) is 3.42. The Morgan fingerprint density at radius 3 is 3.00 bits per heavy atom. The number of aryl methyl sites for hydroxylation is 1. The first-order valence-corrected chi connectivity index (χ1v) is 6.40. The van der Waals surface area contributed by atoms with Gasteiger partial charge in [0.25, 0.3) is 0 Å². The van der Waals surface area contributed by atoms with Gasteiger partial charge in [-0.15, -0.1) is 0 Å². The first kappa shape index (κ1) is 12.4. The number of hydrogen-bond acceptors (Lipinski definition) is 3. The molecule has 17 heavy (non-hydrogen) atoms. The van der Waals surface area contributed by atoms with E-state index in [0.717, 1.165) is 24.9 Å². The van der Waals surface area contributed by atoms with Gasteiger partial charge in [0, 0.05) is 0 Å². The summed E-state index contributed by atoms with van der Waals surface area (Å²) < 4.78 is 0.590. The molecule has 3 N–H and O–H groups in total. The molecule has 2 rings (SSSR count). The highest BCUT2D eigenvalue weighted by Gasteiger charge is 2.22. The lowest BCUT2D eigenvalue weighted by Gasteiger charge is -2.13. The van der Waals surface area contributed by atoms with E-state index in [1.54, 1.807) is 12.1 Å². The van der Waals surface area contributed by atoms with Crippen LogP contribution in [0.1, 0.15) is 18.4 Å². The normalized spacial score (nSPS) is 19.3. The van der Waals surface area contributed by atoms with E-state index >= 15 is 0 Å². The van der Waals surface area contributed by atoms with Gasteiger partial charge >= 0.3 is 0 Å². The Bertz CT molecular complexity index is 442. The van der Waals surface area contributed by atoms with Crippen molar-refractivity contribution in [2.45, 2.75) is 25.8 Å². The zero-order valence-corrected chi connectivity index (χ0v) is 11.2. The van der Waals surface area contributed by atoms with Gasteiger partial charge in [0.05, 0.1) is 16.2 Å². The number of nitrogens with one attached hydrogen (secondary N) is 2. The average molecular weight is 299 g/mol. The number of amides is 1. The quantitative estimate of drug-likeness (QED) is 0.733. The molecule has 0 saturated carbocycles. The van der Waals surface area contributed by atoms with Crippen LogP contribution < -0.4 is 10.6 Å². The van der Waals surface area contributed by atoms with Gasteiger partial charge in [0.2, 0.25) is 5.91 Å². The summed E-state index contributed by atoms with van der Waals surface area (Å²) in [6.07, 6.45) is 1.86. The Morgan fingerprint density at radius 2 is 2.35 bits per heavy atom. The number of phenols is 1. The molecule has 92 valence electrons. The number of carbonyl (C=O) groups is 1. The van der Waals surface area contributed by atoms with Crippen LogP contribution >= 0.6 is 15.9 Å². The molecule has 5 heteroatoms. The van der Waals surface area contributed by atoms with Crippen molar-refractivity contribution in [2.24, 2.45) is 0 Å². The van der Waals surface area contributed by atoms with E-state index in [1.807, 2.05) is 6.92 Å². The first-order chi connectivity index (χ1) is 8.08. The van der Waals surface area contributed by atoms with E-state index in [9.17, 15) is 9.90 Å². The summed E-state index contributed by atoms with van der Waals surface area (Å²) in [6.45, 7) is 2.79. The third-order valence-electron chi connectivity index (χ3n) is 2.84. The van der Waals surface area contributed by atoms with E-state index in [-0.39, 0.29) is 17.7 Å². The van der Waals surface area contributed by atoms with Crippen LogP contribution in [-0.4, -0.2) is 23.6 Å². The minimum atomic E-state index is -0.145. The van der Waals surface area contributed by atoms with Crippen molar-refractivity contribution in [3.05, 3.63) is 22.2 Å². The zero-order chi connectivity index (χ0) is 12.4. The second kappa shape index (κ2) is 5.06. The molecule has 0 aliphatic carbocycles. The molecule has 1 aromatic carbocycles. The summed E-state index contributed by atoms with van der Waals surface area (Å²) in [5.41, 5.74) is 1.43. The lowest BCUT2D eigenvalue weighted by molar-refractivity contribution is -0.117. The van der Waals surface area contributed by atoms with Gasteiger partial charge in [-0.1, -0.05) is 0 Å². The fraction of sp³-hybridized carbons (Fsp3) is 0.417. The lowest BCUT2D eigenvalue weighted by Crippen LogP contribution is -2.35. The summed E-state index contributed by atoms with van der Waals surface area (Å²) in [5.74, 6) is -0.0164. The lowest BCUT2D eigenvalue weighted by atomic mass is 10.2. The van der Waals surface area contributed by atoms with Gasteiger partial charge in [0.15, 0.2) is 5.75 Å². The van der Waals surface area contributed by atoms with Crippen LogP contribution in [0.25, 0.3) is 0 Å². The van der Waals surface area contributed by atoms with Crippen LogP contribution in [0.2, 0.25) is 0 Å². The summed E-state index contributed by atoms with van der Waals surface area (Å²) in [7, 11) is 0. The van der Waals surface area contributed by atoms with Crippen molar-refractivity contribution in [1.29, 1.82) is 0 Å². The van der Waals surface area contributed by atoms with E-state index in [1.165, 1.54) is 0 Å². The molecule has 1 fully saturated rings. The second-order valence-corrected chi connectivity index (χ2v) is 5.14. The molecule has 0 radical (unpaired) electrons. The Kier molecular flexibility index (Phi) is 3.69. The highest BCUT2D eigenvalue weighted by molar-refractivity contribution is 9.10. The molecule has 1 saturated heterocycles. The highest BCUT2D eigenvalue weighted by atomic mass is 79.9. The standard InChI is InChI=1S/C12H15BrN2O2/c1-7-5-8(13)11(16)10(6-7)15-12(17)9-3-2-4-14-9/h5-6,9,14,16H,2-4H2,1H3,(H,15,17). The predicted octanol–water partition coefficient (Wildman–Crippen LogP) is 2.15. The largest absolute Gasteiger partial charge is 0.505 e. The maximum Gasteiger partial charge on any atom is 0.241 e. The number of hydrogen-bond donors (Lipinski definition) is 3. The van der Waals surface area contributed by atoms with Gasteiger partial charge in [-0.2, -0.15) is 0 Å². The minimum Gasteiger partial charge on any atom is -0.505 e. The molecule has 1 amide bonds. The third kappa shape index (κ3) is 2.79. The first-order valence-electron chi connectivity index (χ1n) is 5.61. The van der Waals surface area contributed by atoms with Crippen LogP contribution in [0.4, 0.5) is 5.69 Å². The number of carbonyl (C=O) groups excluding carboxylic acids is 1. The summed E-state index contributed by atoms with van der Waals surface area (Å²) in [5, 5.41) is 15.7. The maximum atomic E-state index is 11.9. The molecule has 1 unspecified atom stereocenters. The number of aromatic hydroxyl groups is 1. The topological polar surface area (TPSA) is 61.4 Å². The van der Waals surface area contributed by atoms with E-state index < -0.39 is 0 Å². The predicted molar refractivity (Wildman–Crippen MR) is 70.2 cm³/mol. The molecule has 1 atom stereocenters. The van der Waals surface area contributed by atoms with E-state index in [4.69, 9.17) is 0 Å². The molecule has 1 aliphatic rings. The number of halogens is 1. The van der Waals surface area contributed by atoms with Crippen molar-refractivity contribution >= 4 is 27.5 Å². The van der Waals surface area contributed by atoms with Gasteiger partial charge < -0.3 is 15.7 Å². The van der Waals surface area contributed by atoms with Crippen molar-refractivity contribution < 1.29 is 9.90 Å². The minimum absolute atomic E-state index is 0.0712. The van der Waals surface area contributed by atoms with E-state index in [0.29, 0.717) is 10.2 Å². The Labute approximate surface area is 109 Å². The van der Waals surface area contributed by atoms with Gasteiger partial charge in [0.1, 0.15) is 0 Å². The van der Waals surface area contributed by atoms with Crippen LogP contribution in [0, 0.1) is 6.92 Å². The fourth-order valence-electron chi connectivity index (χ4n) is 1.96. The van der Waals surface area contributed by atoms with Crippen molar-refractivity contribution in [3.8, 4) is 5.75 Å². The Balaban J connectivity index is 2.15. The zero-order valence-electron chi connectivity index (χ0n) is 9.59. The molecule has 1 heterocycles. The highest BCUT2D eigenvalue weighted by Crippen LogP contribution is 2.33. The van der Waals surface area contributed by atoms with Gasteiger partial charge in [-0.05, 0) is 59.9 Å². The van der Waals surface area contributed by atoms with Crippen LogP contribution in [-0.2, 0) is 4.79 Å². The molecular weight excluding hydrogens is 284 g/mol. The molecule has 4 nitrogen and oxygen atoms in total. The number of benzene rings is 1. The third-order valence-corrected chi connectivity index (χ3v) is 3.45. The second-order valence-electron chi connectivity index (χ2n) is 4.28. The molecular formula is C12H15BrN2O2. The SMILES string of the molecule is Cc1cc(Br)c(O)c(NC(=O)C2CCCN2)c1. The van der Waals surface area contributed by atoms with Crippen molar-refractivity contribution in [1.82, 2.24) is 5.32 Å². The fourth-order valence-corrected chi connectivity index (χ4v) is 2.53. The van der Waals surface area contributed by atoms with Crippen LogP contribution in [0.5, 0.6) is 5.75 Å². The molecule has 1 aliphatic heterocycles. The molecule has 1 aromatic rings. The van der Waals surface area contributed by atoms with Gasteiger partial charge in [-0.3, -0.25) is 4.79 Å².